The summed E-state index contributed by atoms with van der Waals surface area (Å²) in [4.78, 5) is 26.7. The van der Waals surface area contributed by atoms with Gasteiger partial charge in [0.2, 0.25) is 0 Å². The van der Waals surface area contributed by atoms with Crippen molar-refractivity contribution in [3.05, 3.63) is 69.5 Å². The minimum atomic E-state index is -0.593. The molecule has 31 heavy (non-hydrogen) atoms. The number of hydrogen-bond donors (Lipinski definition) is 0. The number of nitriles is 1. The summed E-state index contributed by atoms with van der Waals surface area (Å²) in [5.41, 5.74) is 4.43. The summed E-state index contributed by atoms with van der Waals surface area (Å²) in [6.07, 6.45) is 3.25. The Bertz CT molecular complexity index is 1070. The van der Waals surface area contributed by atoms with Crippen LogP contribution in [0.2, 0.25) is 0 Å². The van der Waals surface area contributed by atoms with Crippen molar-refractivity contribution in [2.45, 2.75) is 39.2 Å². The number of benzene rings is 2. The normalized spacial score (nSPS) is 16.6. The summed E-state index contributed by atoms with van der Waals surface area (Å²) in [6, 6.07) is 9.70. The van der Waals surface area contributed by atoms with Gasteiger partial charge in [-0.25, -0.2) is 9.18 Å². The first-order chi connectivity index (χ1) is 15.0. The number of ketones is 1. The number of Topliss-reactive ketones (excluding diaryl/α,β-unsaturated/α-hetero) is 1. The number of piperidine rings is 1. The maximum Gasteiger partial charge on any atom is 0.338 e. The number of nitrogens with zero attached hydrogens (tertiary/aromatic N) is 2. The van der Waals surface area contributed by atoms with Crippen LogP contribution in [-0.2, 0) is 17.8 Å². The summed E-state index contributed by atoms with van der Waals surface area (Å²) >= 11 is 0. The summed E-state index contributed by atoms with van der Waals surface area (Å²) in [5.74, 6) is -0.541. The van der Waals surface area contributed by atoms with Gasteiger partial charge < -0.3 is 9.64 Å². The van der Waals surface area contributed by atoms with Crippen LogP contribution in [0.4, 0.5) is 4.39 Å². The molecular weight excluding hydrogens is 395 g/mol. The molecule has 0 unspecified atom stereocenters. The van der Waals surface area contributed by atoms with Crippen molar-refractivity contribution >= 4 is 11.8 Å². The van der Waals surface area contributed by atoms with Gasteiger partial charge in [-0.2, -0.15) is 5.26 Å². The number of esters is 1. The molecule has 1 saturated heterocycles. The molecule has 2 aliphatic rings. The van der Waals surface area contributed by atoms with Crippen LogP contribution < -0.4 is 0 Å². The molecule has 2 heterocycles. The van der Waals surface area contributed by atoms with Crippen LogP contribution in [0.5, 0.6) is 0 Å². The molecule has 2 aliphatic heterocycles. The van der Waals surface area contributed by atoms with Crippen molar-refractivity contribution in [3.8, 4) is 6.07 Å². The van der Waals surface area contributed by atoms with E-state index in [-0.39, 0.29) is 17.3 Å². The molecule has 0 amide bonds. The maximum atomic E-state index is 13.5. The van der Waals surface area contributed by atoms with Crippen LogP contribution in [0.1, 0.15) is 62.2 Å². The standard InChI is InChI=1S/C25H25FN2O3/c1-16-18(2-4-21-22(16)15-31-25(21)30)8-11-28-9-6-17(7-10-28)12-24(29)19-3-5-23(26)20(13-19)14-27/h2-5,13,17H,6-12,15H2,1H3. The second-order valence-electron chi connectivity index (χ2n) is 8.42. The zero-order valence-electron chi connectivity index (χ0n) is 17.6. The van der Waals surface area contributed by atoms with Crippen LogP contribution in [0.25, 0.3) is 0 Å². The fourth-order valence-corrected chi connectivity index (χ4v) is 4.53. The smallest absolute Gasteiger partial charge is 0.338 e. The number of cyclic esters (lactones) is 1. The van der Waals surface area contributed by atoms with Gasteiger partial charge in [-0.3, -0.25) is 4.79 Å². The molecule has 4 rings (SSSR count). The third-order valence-corrected chi connectivity index (χ3v) is 6.57. The first-order valence-electron chi connectivity index (χ1n) is 10.7. The summed E-state index contributed by atoms with van der Waals surface area (Å²) in [6.45, 7) is 5.25. The van der Waals surface area contributed by atoms with E-state index in [2.05, 4.69) is 11.8 Å². The van der Waals surface area contributed by atoms with Crippen LogP contribution >= 0.6 is 0 Å². The van der Waals surface area contributed by atoms with E-state index < -0.39 is 5.82 Å². The third-order valence-electron chi connectivity index (χ3n) is 6.57. The van der Waals surface area contributed by atoms with Crippen molar-refractivity contribution in [1.29, 1.82) is 5.26 Å². The molecule has 2 aromatic carbocycles. The van der Waals surface area contributed by atoms with Gasteiger partial charge in [0.15, 0.2) is 5.78 Å². The van der Waals surface area contributed by atoms with Crippen molar-refractivity contribution < 1.29 is 18.7 Å². The molecule has 5 nitrogen and oxygen atoms in total. The molecule has 6 heteroatoms. The molecule has 0 bridgehead atoms. The topological polar surface area (TPSA) is 70.4 Å². The summed E-state index contributed by atoms with van der Waals surface area (Å²) < 4.78 is 18.6. The number of rotatable bonds is 6. The van der Waals surface area contributed by atoms with Crippen molar-refractivity contribution in [3.63, 3.8) is 0 Å². The Balaban J connectivity index is 1.27. The predicted octanol–water partition coefficient (Wildman–Crippen LogP) is 4.20. The van der Waals surface area contributed by atoms with Gasteiger partial charge >= 0.3 is 5.97 Å². The molecule has 160 valence electrons. The Labute approximate surface area is 181 Å². The Kier molecular flexibility index (Phi) is 6.15. The highest BCUT2D eigenvalue weighted by atomic mass is 19.1. The first kappa shape index (κ1) is 21.2. The largest absolute Gasteiger partial charge is 0.457 e. The second kappa shape index (κ2) is 8.99. The highest BCUT2D eigenvalue weighted by Gasteiger charge is 2.25. The highest BCUT2D eigenvalue weighted by Crippen LogP contribution is 2.27. The predicted molar refractivity (Wildman–Crippen MR) is 113 cm³/mol. The molecule has 0 aromatic heterocycles. The summed E-state index contributed by atoms with van der Waals surface area (Å²) in [5, 5.41) is 8.95. The average molecular weight is 420 g/mol. The molecule has 0 radical (unpaired) electrons. The number of carbonyl (C=O) groups is 2. The van der Waals surface area contributed by atoms with E-state index in [0.717, 1.165) is 50.0 Å². The van der Waals surface area contributed by atoms with Gasteiger partial charge in [-0.15, -0.1) is 0 Å². The van der Waals surface area contributed by atoms with E-state index in [4.69, 9.17) is 10.00 Å². The highest BCUT2D eigenvalue weighted by molar-refractivity contribution is 5.96. The van der Waals surface area contributed by atoms with E-state index in [1.807, 2.05) is 12.1 Å². The number of likely N-dealkylation sites (tertiary alicyclic amines) is 1. The number of carbonyl (C=O) groups excluding carboxylic acids is 2. The van der Waals surface area contributed by atoms with Crippen LogP contribution in [0, 0.1) is 30.0 Å². The Morgan fingerprint density at radius 2 is 2.03 bits per heavy atom. The maximum absolute atomic E-state index is 13.5. The number of fused-ring (bicyclic) bond motifs is 1. The molecule has 2 aromatic rings. The van der Waals surface area contributed by atoms with Gasteiger partial charge in [-0.1, -0.05) is 6.07 Å². The summed E-state index contributed by atoms with van der Waals surface area (Å²) in [7, 11) is 0. The van der Waals surface area contributed by atoms with Crippen LogP contribution in [0.3, 0.4) is 0 Å². The minimum absolute atomic E-state index is 0.0273. The fourth-order valence-electron chi connectivity index (χ4n) is 4.53. The lowest BCUT2D eigenvalue weighted by molar-refractivity contribution is 0.0534. The van der Waals surface area contributed by atoms with Crippen LogP contribution in [0.15, 0.2) is 30.3 Å². The molecular formula is C25H25FN2O3. The molecule has 0 N–H and O–H groups in total. The Hall–Kier alpha value is -3.04. The molecule has 0 saturated carbocycles. The molecule has 0 atom stereocenters. The van der Waals surface area contributed by atoms with Crippen molar-refractivity contribution in [2.75, 3.05) is 19.6 Å². The zero-order chi connectivity index (χ0) is 22.0. The van der Waals surface area contributed by atoms with Gasteiger partial charge in [0.1, 0.15) is 18.5 Å². The van der Waals surface area contributed by atoms with Crippen molar-refractivity contribution in [1.82, 2.24) is 4.90 Å². The SMILES string of the molecule is Cc1c(CCN2CCC(CC(=O)c3ccc(F)c(C#N)c3)CC2)ccc2c1COC2=O. The minimum Gasteiger partial charge on any atom is -0.457 e. The van der Waals surface area contributed by atoms with Gasteiger partial charge in [0.25, 0.3) is 0 Å². The second-order valence-corrected chi connectivity index (χ2v) is 8.42. The van der Waals surface area contributed by atoms with E-state index in [9.17, 15) is 14.0 Å². The third kappa shape index (κ3) is 4.52. The van der Waals surface area contributed by atoms with Gasteiger partial charge in [0, 0.05) is 24.1 Å². The van der Waals surface area contributed by atoms with E-state index in [1.54, 1.807) is 6.07 Å². The molecule has 1 fully saturated rings. The Morgan fingerprint density at radius 3 is 2.77 bits per heavy atom. The lowest BCUT2D eigenvalue weighted by atomic mass is 9.89. The van der Waals surface area contributed by atoms with Gasteiger partial charge in [0.05, 0.1) is 11.1 Å². The van der Waals surface area contributed by atoms with E-state index in [1.165, 1.54) is 23.8 Å². The van der Waals surface area contributed by atoms with Crippen molar-refractivity contribution in [2.24, 2.45) is 5.92 Å². The first-order valence-corrected chi connectivity index (χ1v) is 10.7. The average Bonchev–Trinajstić information content (AvgIpc) is 3.16. The number of ether oxygens (including phenoxy) is 1. The fraction of sp³-hybridized carbons (Fsp3) is 0.400. The molecule has 0 spiro atoms. The lowest BCUT2D eigenvalue weighted by Gasteiger charge is -2.32. The van der Waals surface area contributed by atoms with E-state index in [0.29, 0.717) is 30.1 Å². The van der Waals surface area contributed by atoms with E-state index >= 15 is 0 Å². The monoisotopic (exact) mass is 420 g/mol. The number of halogens is 1. The van der Waals surface area contributed by atoms with Crippen LogP contribution in [-0.4, -0.2) is 36.3 Å². The van der Waals surface area contributed by atoms with Gasteiger partial charge in [-0.05, 0) is 80.6 Å². The quantitative estimate of drug-likeness (QED) is 0.517. The number of hydrogen-bond acceptors (Lipinski definition) is 5. The molecule has 0 aliphatic carbocycles. The zero-order valence-corrected chi connectivity index (χ0v) is 17.6. The lowest BCUT2D eigenvalue weighted by Crippen LogP contribution is -2.35. The Morgan fingerprint density at radius 1 is 1.26 bits per heavy atom.